The van der Waals surface area contributed by atoms with Crippen LogP contribution in [0.4, 0.5) is 0 Å². The number of carbonyl (C=O) groups is 3. The van der Waals surface area contributed by atoms with Crippen molar-refractivity contribution < 1.29 is 19.1 Å². The molecule has 2 aliphatic heterocycles. The molecule has 0 spiro atoms. The molecule has 0 aromatic heterocycles. The summed E-state index contributed by atoms with van der Waals surface area (Å²) in [6.45, 7) is 9.02. The van der Waals surface area contributed by atoms with E-state index in [0.717, 1.165) is 0 Å². The number of allylic oxidation sites excluding steroid dienone is 1. The highest BCUT2D eigenvalue weighted by molar-refractivity contribution is 9.09. The van der Waals surface area contributed by atoms with Crippen molar-refractivity contribution in [3.8, 4) is 0 Å². The molecule has 0 radical (unpaired) electrons. The van der Waals surface area contributed by atoms with E-state index in [4.69, 9.17) is 4.74 Å². The molecule has 2 aliphatic rings. The number of halogens is 1. The second kappa shape index (κ2) is 6.68. The summed E-state index contributed by atoms with van der Waals surface area (Å²) in [5.74, 6) is -0.582. The first kappa shape index (κ1) is 18.1. The van der Waals surface area contributed by atoms with Gasteiger partial charge in [-0.3, -0.25) is 14.5 Å². The molecule has 2 rings (SSSR count). The third-order valence-corrected chi connectivity index (χ3v) is 5.09. The van der Waals surface area contributed by atoms with Crippen LogP contribution in [0, 0.1) is 0 Å². The molecule has 0 aromatic carbocycles. The second-order valence-corrected chi connectivity index (χ2v) is 7.83. The highest BCUT2D eigenvalue weighted by Crippen LogP contribution is 2.41. The van der Waals surface area contributed by atoms with Crippen LogP contribution >= 0.6 is 27.7 Å². The number of thioether (sulfide) groups is 1. The van der Waals surface area contributed by atoms with E-state index in [1.54, 1.807) is 26.8 Å². The van der Waals surface area contributed by atoms with Gasteiger partial charge in [-0.15, -0.1) is 11.8 Å². The number of hydrogen-bond acceptors (Lipinski definition) is 5. The number of nitrogens with one attached hydrogen (secondary N) is 1. The molecule has 8 heteroatoms. The molecule has 1 saturated heterocycles. The van der Waals surface area contributed by atoms with Crippen molar-refractivity contribution in [3.05, 3.63) is 23.9 Å². The molecule has 2 heterocycles. The lowest BCUT2D eigenvalue weighted by atomic mass is 10.0. The topological polar surface area (TPSA) is 75.7 Å². The summed E-state index contributed by atoms with van der Waals surface area (Å²) in [7, 11) is 0. The van der Waals surface area contributed by atoms with Crippen LogP contribution in [0.1, 0.15) is 20.8 Å². The fourth-order valence-corrected chi connectivity index (χ4v) is 3.83. The van der Waals surface area contributed by atoms with Crippen LogP contribution in [0.15, 0.2) is 23.9 Å². The van der Waals surface area contributed by atoms with E-state index in [0.29, 0.717) is 11.3 Å². The number of β-lactam (4-membered cyclic amide) rings is 1. The maximum atomic E-state index is 12.5. The molecule has 1 N–H and O–H groups in total. The number of rotatable bonds is 4. The zero-order valence-corrected chi connectivity index (χ0v) is 15.6. The van der Waals surface area contributed by atoms with Gasteiger partial charge in [0, 0.05) is 5.75 Å². The maximum absolute atomic E-state index is 12.5. The Morgan fingerprint density at radius 3 is 2.70 bits per heavy atom. The quantitative estimate of drug-likeness (QED) is 0.438. The fraction of sp³-hybridized carbons (Fsp3) is 0.533. The van der Waals surface area contributed by atoms with Gasteiger partial charge < -0.3 is 10.1 Å². The van der Waals surface area contributed by atoms with Gasteiger partial charge in [0.05, 0.1) is 5.33 Å². The Morgan fingerprint density at radius 2 is 2.17 bits per heavy atom. The van der Waals surface area contributed by atoms with E-state index in [1.165, 1.54) is 16.7 Å². The van der Waals surface area contributed by atoms with Gasteiger partial charge in [-0.25, -0.2) is 4.79 Å². The Labute approximate surface area is 147 Å². The Kier molecular flexibility index (Phi) is 5.25. The molecular weight excluding hydrogens is 384 g/mol. The number of alkyl halides is 1. The molecule has 2 amide bonds. The number of fused-ring (bicyclic) bond motifs is 1. The molecule has 126 valence electrons. The molecule has 0 aromatic rings. The zero-order chi connectivity index (χ0) is 17.4. The van der Waals surface area contributed by atoms with Crippen molar-refractivity contribution in [2.24, 2.45) is 0 Å². The molecule has 1 fully saturated rings. The third-order valence-electron chi connectivity index (χ3n) is 3.27. The molecule has 0 saturated carbocycles. The monoisotopic (exact) mass is 402 g/mol. The minimum Gasteiger partial charge on any atom is -0.455 e. The molecule has 0 aliphatic carbocycles. The summed E-state index contributed by atoms with van der Waals surface area (Å²) in [5, 5.41) is 2.49. The average molecular weight is 403 g/mol. The van der Waals surface area contributed by atoms with Crippen LogP contribution in [-0.2, 0) is 19.1 Å². The number of esters is 1. The normalized spacial score (nSPS) is 23.8. The molecule has 2 atom stereocenters. The van der Waals surface area contributed by atoms with Crippen molar-refractivity contribution in [2.45, 2.75) is 37.8 Å². The first-order valence-corrected chi connectivity index (χ1v) is 9.25. The van der Waals surface area contributed by atoms with E-state index in [-0.39, 0.29) is 28.2 Å². The lowest BCUT2D eigenvalue weighted by Gasteiger charge is -2.49. The van der Waals surface area contributed by atoms with Gasteiger partial charge in [0.2, 0.25) is 5.91 Å². The number of carbonyl (C=O) groups excluding carboxylic acids is 3. The largest absolute Gasteiger partial charge is 0.455 e. The van der Waals surface area contributed by atoms with Gasteiger partial charge in [0.1, 0.15) is 22.7 Å². The predicted molar refractivity (Wildman–Crippen MR) is 91.9 cm³/mol. The Balaban J connectivity index is 2.25. The van der Waals surface area contributed by atoms with Gasteiger partial charge >= 0.3 is 5.97 Å². The standard InChI is InChI=1S/C15H19BrN2O4S/c1-5-8-7-23-13-10(17-9(19)6-16)12(20)18(13)11(8)14(21)22-15(2,3)4/h5,10,13H,1,6-7H2,2-4H3,(H,17,19)/t10-,13-/m1/s1. The first-order valence-electron chi connectivity index (χ1n) is 7.08. The van der Waals surface area contributed by atoms with E-state index in [9.17, 15) is 14.4 Å². The van der Waals surface area contributed by atoms with E-state index in [2.05, 4.69) is 27.8 Å². The van der Waals surface area contributed by atoms with Crippen molar-refractivity contribution in [1.82, 2.24) is 10.2 Å². The van der Waals surface area contributed by atoms with Crippen LogP contribution in [0.5, 0.6) is 0 Å². The Bertz CT molecular complexity index is 597. The van der Waals surface area contributed by atoms with Gasteiger partial charge in [-0.05, 0) is 26.3 Å². The summed E-state index contributed by atoms with van der Waals surface area (Å²) in [6.07, 6.45) is 1.57. The number of ether oxygens (including phenoxy) is 1. The fourth-order valence-electron chi connectivity index (χ4n) is 2.33. The Hall–Kier alpha value is -1.28. The van der Waals surface area contributed by atoms with Gasteiger partial charge in [-0.2, -0.15) is 0 Å². The molecule has 0 unspecified atom stereocenters. The Morgan fingerprint density at radius 1 is 1.52 bits per heavy atom. The highest BCUT2D eigenvalue weighted by atomic mass is 79.9. The first-order chi connectivity index (χ1) is 10.7. The third kappa shape index (κ3) is 3.63. The minimum atomic E-state index is -0.659. The van der Waals surface area contributed by atoms with Crippen molar-refractivity contribution >= 4 is 45.5 Å². The smallest absolute Gasteiger partial charge is 0.355 e. The van der Waals surface area contributed by atoms with Crippen LogP contribution in [0.25, 0.3) is 0 Å². The summed E-state index contributed by atoms with van der Waals surface area (Å²) < 4.78 is 5.41. The number of hydrogen-bond donors (Lipinski definition) is 1. The molecular formula is C15H19BrN2O4S. The van der Waals surface area contributed by atoms with E-state index >= 15 is 0 Å². The number of amides is 2. The molecule has 0 bridgehead atoms. The van der Waals surface area contributed by atoms with Gasteiger partial charge in [0.15, 0.2) is 0 Å². The summed E-state index contributed by atoms with van der Waals surface area (Å²) >= 11 is 4.54. The van der Waals surface area contributed by atoms with Crippen molar-refractivity contribution in [2.75, 3.05) is 11.1 Å². The molecule has 6 nitrogen and oxygen atoms in total. The van der Waals surface area contributed by atoms with Crippen LogP contribution in [0.2, 0.25) is 0 Å². The second-order valence-electron chi connectivity index (χ2n) is 6.17. The van der Waals surface area contributed by atoms with E-state index < -0.39 is 17.6 Å². The highest BCUT2D eigenvalue weighted by Gasteiger charge is 2.54. The van der Waals surface area contributed by atoms with Crippen LogP contribution in [-0.4, -0.2) is 50.8 Å². The van der Waals surface area contributed by atoms with E-state index in [1.807, 2.05) is 0 Å². The van der Waals surface area contributed by atoms with Crippen molar-refractivity contribution in [1.29, 1.82) is 0 Å². The zero-order valence-electron chi connectivity index (χ0n) is 13.2. The minimum absolute atomic E-state index is 0.126. The summed E-state index contributed by atoms with van der Waals surface area (Å²) in [6, 6.07) is -0.617. The average Bonchev–Trinajstić information content (AvgIpc) is 2.48. The maximum Gasteiger partial charge on any atom is 0.355 e. The van der Waals surface area contributed by atoms with Crippen molar-refractivity contribution in [3.63, 3.8) is 0 Å². The van der Waals surface area contributed by atoms with Crippen LogP contribution in [0.3, 0.4) is 0 Å². The number of nitrogens with zero attached hydrogens (tertiary/aromatic N) is 1. The molecule has 23 heavy (non-hydrogen) atoms. The van der Waals surface area contributed by atoms with Gasteiger partial charge in [0.25, 0.3) is 5.91 Å². The summed E-state index contributed by atoms with van der Waals surface area (Å²) in [5.41, 5.74) is 0.237. The lowest BCUT2D eigenvalue weighted by molar-refractivity contribution is -0.158. The van der Waals surface area contributed by atoms with Crippen LogP contribution < -0.4 is 5.32 Å². The lowest BCUT2D eigenvalue weighted by Crippen LogP contribution is -2.70. The predicted octanol–water partition coefficient (Wildman–Crippen LogP) is 1.56. The SMILES string of the molecule is C=CC1=C(C(=O)OC(C)(C)C)N2C(=O)[C@@H](NC(=O)CBr)[C@H]2SC1. The summed E-state index contributed by atoms with van der Waals surface area (Å²) in [4.78, 5) is 37.8. The van der Waals surface area contributed by atoms with Gasteiger partial charge in [-0.1, -0.05) is 28.6 Å².